The smallest absolute Gasteiger partial charge is 0.381 e. The molecule has 1 amide bonds. The topological polar surface area (TPSA) is 101 Å². The van der Waals surface area contributed by atoms with Crippen molar-refractivity contribution < 1.29 is 22.4 Å². The van der Waals surface area contributed by atoms with Crippen molar-refractivity contribution in [2.45, 2.75) is 44.7 Å². The van der Waals surface area contributed by atoms with Gasteiger partial charge in [0.05, 0.1) is 18.0 Å². The number of amides is 1. The molecule has 4 fully saturated rings. The van der Waals surface area contributed by atoms with Crippen molar-refractivity contribution >= 4 is 17.7 Å². The molecule has 4 bridgehead atoms. The lowest BCUT2D eigenvalue weighted by atomic mass is 9.49. The Bertz CT molecular complexity index is 984. The molecule has 166 valence electrons. The van der Waals surface area contributed by atoms with E-state index in [2.05, 4.69) is 15.1 Å². The van der Waals surface area contributed by atoms with Crippen LogP contribution in [-0.2, 0) is 6.18 Å². The van der Waals surface area contributed by atoms with E-state index in [0.717, 1.165) is 36.6 Å². The lowest BCUT2D eigenvalue weighted by molar-refractivity contribution is -0.141. The molecule has 2 heterocycles. The van der Waals surface area contributed by atoms with Gasteiger partial charge in [-0.25, -0.2) is 9.37 Å². The van der Waals surface area contributed by atoms with Gasteiger partial charge >= 0.3 is 6.18 Å². The molecule has 0 saturated heterocycles. The van der Waals surface area contributed by atoms with Crippen LogP contribution in [0.3, 0.4) is 0 Å². The number of alkyl halides is 3. The first kappa shape index (κ1) is 20.2. The quantitative estimate of drug-likeness (QED) is 0.707. The van der Waals surface area contributed by atoms with Gasteiger partial charge in [0.25, 0.3) is 5.91 Å². The normalized spacial score (nSPS) is 29.4. The third kappa shape index (κ3) is 3.53. The Kier molecular flexibility index (Phi) is 4.49. The molecule has 2 aromatic heterocycles. The molecular weight excluding hydrogens is 416 g/mol. The average Bonchev–Trinajstić information content (AvgIpc) is 3.17. The molecule has 0 spiro atoms. The lowest BCUT2D eigenvalue weighted by Crippen LogP contribution is -2.52. The first-order valence-corrected chi connectivity index (χ1v) is 10.3. The number of nitrogens with zero attached hydrogens (tertiary/aromatic N) is 4. The molecule has 6 rings (SSSR count). The number of hydrogen-bond donors (Lipinski definition) is 2. The lowest BCUT2D eigenvalue weighted by Gasteiger charge is -2.57. The van der Waals surface area contributed by atoms with Gasteiger partial charge in [0.1, 0.15) is 0 Å². The average molecular weight is 438 g/mol. The molecule has 11 heteroatoms. The van der Waals surface area contributed by atoms with Gasteiger partial charge in [-0.3, -0.25) is 14.8 Å². The van der Waals surface area contributed by atoms with Crippen LogP contribution >= 0.6 is 0 Å². The van der Waals surface area contributed by atoms with Crippen LogP contribution < -0.4 is 10.6 Å². The summed E-state index contributed by atoms with van der Waals surface area (Å²) in [5, 5.41) is 5.29. The largest absolute Gasteiger partial charge is 0.433 e. The van der Waals surface area contributed by atoms with Crippen molar-refractivity contribution in [1.82, 2.24) is 20.2 Å². The number of aromatic amines is 1. The molecule has 0 aliphatic heterocycles. The monoisotopic (exact) mass is 438 g/mol. The predicted octanol–water partition coefficient (Wildman–Crippen LogP) is 3.80. The van der Waals surface area contributed by atoms with Gasteiger partial charge in [-0.05, 0) is 61.7 Å². The molecule has 4 saturated carbocycles. The first-order chi connectivity index (χ1) is 14.6. The van der Waals surface area contributed by atoms with Crippen LogP contribution in [0, 0.1) is 29.0 Å². The maximum absolute atomic E-state index is 13.7. The van der Waals surface area contributed by atoms with E-state index in [-0.39, 0.29) is 17.9 Å². The number of hydrogen-bond acceptors (Lipinski definition) is 5. The van der Waals surface area contributed by atoms with E-state index in [1.807, 2.05) is 5.10 Å². The Balaban J connectivity index is 1.53. The minimum Gasteiger partial charge on any atom is -0.381 e. The number of nitrogen functional groups attached to an aromatic ring is 1. The summed E-state index contributed by atoms with van der Waals surface area (Å²) in [6.45, 7) is 0.170. The van der Waals surface area contributed by atoms with E-state index in [1.54, 1.807) is 0 Å². The maximum Gasteiger partial charge on any atom is 0.433 e. The van der Waals surface area contributed by atoms with Crippen molar-refractivity contribution in [3.63, 3.8) is 0 Å². The number of anilines is 2. The minimum absolute atomic E-state index is 0.170. The highest BCUT2D eigenvalue weighted by Gasteiger charge is 2.52. The van der Waals surface area contributed by atoms with E-state index < -0.39 is 35.0 Å². The van der Waals surface area contributed by atoms with Crippen molar-refractivity contribution in [2.24, 2.45) is 23.2 Å². The van der Waals surface area contributed by atoms with Crippen LogP contribution in [0.1, 0.15) is 54.6 Å². The zero-order valence-electron chi connectivity index (χ0n) is 16.6. The summed E-state index contributed by atoms with van der Waals surface area (Å²) in [5.41, 5.74) is 3.51. The van der Waals surface area contributed by atoms with Crippen molar-refractivity contribution in [3.8, 4) is 0 Å². The standard InChI is InChI=1S/C20H22F4N6O/c21-14-8-26-18(28-16(14)25)30(17(31)13-7-27-29-15(13)20(22,23)24)9-19-4-10-1-11(5-19)3-12(2-10)6-19/h7-8,10-12H,1-6,9H2,(H,27,29)(H2,25,26,28). The molecule has 4 aliphatic rings. The van der Waals surface area contributed by atoms with E-state index in [4.69, 9.17) is 5.73 Å². The molecule has 3 N–H and O–H groups in total. The van der Waals surface area contributed by atoms with Gasteiger partial charge in [0, 0.05) is 6.54 Å². The summed E-state index contributed by atoms with van der Waals surface area (Å²) in [4.78, 5) is 22.2. The van der Waals surface area contributed by atoms with E-state index >= 15 is 0 Å². The first-order valence-electron chi connectivity index (χ1n) is 10.3. The molecule has 2 aromatic rings. The number of aromatic nitrogens is 4. The molecule has 7 nitrogen and oxygen atoms in total. The molecule has 4 aliphatic carbocycles. The summed E-state index contributed by atoms with van der Waals surface area (Å²) >= 11 is 0. The van der Waals surface area contributed by atoms with Gasteiger partial charge < -0.3 is 5.73 Å². The van der Waals surface area contributed by atoms with Crippen molar-refractivity contribution in [2.75, 3.05) is 17.2 Å². The number of rotatable bonds is 4. The summed E-state index contributed by atoms with van der Waals surface area (Å²) in [7, 11) is 0. The Labute approximate surface area is 175 Å². The molecule has 31 heavy (non-hydrogen) atoms. The molecule has 0 unspecified atom stereocenters. The summed E-state index contributed by atoms with van der Waals surface area (Å²) in [5.74, 6) is -0.732. The highest BCUT2D eigenvalue weighted by molar-refractivity contribution is 6.06. The zero-order chi connectivity index (χ0) is 22.0. The number of nitrogens with two attached hydrogens (primary N) is 1. The summed E-state index contributed by atoms with van der Waals surface area (Å²) in [6.07, 6.45) is 3.16. The van der Waals surface area contributed by atoms with Gasteiger partial charge in [0.2, 0.25) is 5.95 Å². The van der Waals surface area contributed by atoms with Crippen LogP contribution in [0.2, 0.25) is 0 Å². The second kappa shape index (κ2) is 6.89. The van der Waals surface area contributed by atoms with E-state index in [1.165, 1.54) is 19.3 Å². The Morgan fingerprint density at radius 2 is 1.77 bits per heavy atom. The second-order valence-electron chi connectivity index (χ2n) is 9.37. The fourth-order valence-electron chi connectivity index (χ4n) is 6.36. The molecule has 0 aromatic carbocycles. The number of halogens is 4. The number of carbonyl (C=O) groups is 1. The maximum atomic E-state index is 13.7. The summed E-state index contributed by atoms with van der Waals surface area (Å²) in [6, 6.07) is 0. The highest BCUT2D eigenvalue weighted by Crippen LogP contribution is 2.60. The fourth-order valence-corrected chi connectivity index (χ4v) is 6.36. The zero-order valence-corrected chi connectivity index (χ0v) is 16.6. The third-order valence-electron chi connectivity index (χ3n) is 7.06. The Hall–Kier alpha value is -2.72. The summed E-state index contributed by atoms with van der Waals surface area (Å²) < 4.78 is 53.9. The minimum atomic E-state index is -4.78. The van der Waals surface area contributed by atoms with Crippen molar-refractivity contribution in [1.29, 1.82) is 0 Å². The Morgan fingerprint density at radius 1 is 1.16 bits per heavy atom. The molecule has 0 atom stereocenters. The predicted molar refractivity (Wildman–Crippen MR) is 102 cm³/mol. The molecular formula is C20H22F4N6O. The van der Waals surface area contributed by atoms with Crippen molar-refractivity contribution in [3.05, 3.63) is 29.5 Å². The number of H-pyrrole nitrogens is 1. The van der Waals surface area contributed by atoms with E-state index in [9.17, 15) is 22.4 Å². The van der Waals surface area contributed by atoms with Gasteiger partial charge in [-0.2, -0.15) is 23.3 Å². The van der Waals surface area contributed by atoms with Crippen LogP contribution in [-0.4, -0.2) is 32.6 Å². The van der Waals surface area contributed by atoms with Crippen LogP contribution in [0.15, 0.2) is 12.4 Å². The molecule has 0 radical (unpaired) electrons. The van der Waals surface area contributed by atoms with Gasteiger partial charge in [-0.15, -0.1) is 0 Å². The number of carbonyl (C=O) groups excluding carboxylic acids is 1. The fraction of sp³-hybridized carbons (Fsp3) is 0.600. The Morgan fingerprint density at radius 3 is 2.32 bits per heavy atom. The third-order valence-corrected chi connectivity index (χ3v) is 7.06. The van der Waals surface area contributed by atoms with E-state index in [0.29, 0.717) is 17.8 Å². The van der Waals surface area contributed by atoms with Gasteiger partial charge in [0.15, 0.2) is 17.3 Å². The van der Waals surface area contributed by atoms with Crippen LogP contribution in [0.25, 0.3) is 0 Å². The van der Waals surface area contributed by atoms with Crippen LogP contribution in [0.5, 0.6) is 0 Å². The van der Waals surface area contributed by atoms with Crippen LogP contribution in [0.4, 0.5) is 29.3 Å². The highest BCUT2D eigenvalue weighted by atomic mass is 19.4. The second-order valence-corrected chi connectivity index (χ2v) is 9.37. The van der Waals surface area contributed by atoms with Gasteiger partial charge in [-0.1, -0.05) is 0 Å². The number of nitrogens with one attached hydrogen (secondary N) is 1. The SMILES string of the molecule is Nc1nc(N(CC23CC4CC(CC(C4)C2)C3)C(=O)c2cn[nH]c2C(F)(F)F)ncc1F.